The third-order valence-corrected chi connectivity index (χ3v) is 5.76. The van der Waals surface area contributed by atoms with Gasteiger partial charge in [-0.25, -0.2) is 0 Å². The van der Waals surface area contributed by atoms with E-state index in [1.165, 1.54) is 18.5 Å². The second-order valence-corrected chi connectivity index (χ2v) is 8.18. The number of carbonyl (C=O) groups excluding carboxylic acids is 2. The van der Waals surface area contributed by atoms with Crippen molar-refractivity contribution in [2.24, 2.45) is 0 Å². The van der Waals surface area contributed by atoms with Crippen LogP contribution >= 0.6 is 0 Å². The number of nitrogens with zero attached hydrogens (tertiary/aromatic N) is 3. The molecule has 3 fully saturated rings. The molecule has 3 aliphatic rings. The van der Waals surface area contributed by atoms with Gasteiger partial charge in [-0.1, -0.05) is 0 Å². The summed E-state index contributed by atoms with van der Waals surface area (Å²) in [6.07, 6.45) is 4.76. The molecule has 0 spiro atoms. The van der Waals surface area contributed by atoms with Crippen molar-refractivity contribution in [2.45, 2.75) is 31.7 Å². The molecule has 7 nitrogen and oxygen atoms in total. The normalized spacial score (nSPS) is 20.9. The number of hydrogen-bond acceptors (Lipinski definition) is 5. The molecule has 0 radical (unpaired) electrons. The van der Waals surface area contributed by atoms with Gasteiger partial charge in [0, 0.05) is 56.7 Å². The van der Waals surface area contributed by atoms with Crippen LogP contribution in [0.15, 0.2) is 24.3 Å². The SMILES string of the molecule is O=C(CN1CCN(CC(=O)NC2CC2)CC1)Nc1ccc(N2CCCC2)cc1. The molecule has 152 valence electrons. The van der Waals surface area contributed by atoms with Crippen LogP contribution in [0, 0.1) is 0 Å². The third kappa shape index (κ3) is 5.45. The average molecular weight is 386 g/mol. The predicted molar refractivity (Wildman–Crippen MR) is 111 cm³/mol. The van der Waals surface area contributed by atoms with Crippen LogP contribution in [0.25, 0.3) is 0 Å². The Morgan fingerprint density at radius 1 is 0.821 bits per heavy atom. The van der Waals surface area contributed by atoms with Crippen LogP contribution < -0.4 is 15.5 Å². The molecule has 0 unspecified atom stereocenters. The van der Waals surface area contributed by atoms with Crippen LogP contribution in [0.5, 0.6) is 0 Å². The number of amides is 2. The zero-order chi connectivity index (χ0) is 19.3. The summed E-state index contributed by atoms with van der Waals surface area (Å²) >= 11 is 0. The van der Waals surface area contributed by atoms with E-state index in [4.69, 9.17) is 0 Å². The molecule has 0 atom stereocenters. The molecule has 1 saturated carbocycles. The fourth-order valence-electron chi connectivity index (χ4n) is 3.94. The summed E-state index contributed by atoms with van der Waals surface area (Å²) in [4.78, 5) is 31.0. The van der Waals surface area contributed by atoms with Gasteiger partial charge >= 0.3 is 0 Å². The maximum atomic E-state index is 12.4. The number of anilines is 2. The first-order valence-corrected chi connectivity index (χ1v) is 10.5. The number of rotatable bonds is 7. The van der Waals surface area contributed by atoms with Crippen molar-refractivity contribution in [3.63, 3.8) is 0 Å². The first-order chi connectivity index (χ1) is 13.7. The van der Waals surface area contributed by atoms with E-state index in [0.29, 0.717) is 19.1 Å². The molecule has 2 aliphatic heterocycles. The highest BCUT2D eigenvalue weighted by Gasteiger charge is 2.25. The minimum Gasteiger partial charge on any atom is -0.372 e. The van der Waals surface area contributed by atoms with Gasteiger partial charge in [0.25, 0.3) is 0 Å². The Labute approximate surface area is 167 Å². The lowest BCUT2D eigenvalue weighted by molar-refractivity contribution is -0.123. The molecule has 1 aromatic carbocycles. The molecule has 2 saturated heterocycles. The Hall–Kier alpha value is -2.12. The Balaban J connectivity index is 1.16. The van der Waals surface area contributed by atoms with Crippen LogP contribution in [-0.2, 0) is 9.59 Å². The molecule has 28 heavy (non-hydrogen) atoms. The van der Waals surface area contributed by atoms with E-state index in [1.54, 1.807) is 0 Å². The number of benzene rings is 1. The molecule has 7 heteroatoms. The topological polar surface area (TPSA) is 67.9 Å². The van der Waals surface area contributed by atoms with E-state index in [2.05, 4.69) is 37.5 Å². The van der Waals surface area contributed by atoms with Gasteiger partial charge < -0.3 is 15.5 Å². The minimum absolute atomic E-state index is 0.0221. The lowest BCUT2D eigenvalue weighted by atomic mass is 10.2. The number of hydrogen-bond donors (Lipinski definition) is 2. The van der Waals surface area contributed by atoms with Gasteiger partial charge in [0.1, 0.15) is 0 Å². The molecule has 2 N–H and O–H groups in total. The van der Waals surface area contributed by atoms with Gasteiger partial charge in [0.2, 0.25) is 11.8 Å². The molecular weight excluding hydrogens is 354 g/mol. The van der Waals surface area contributed by atoms with Crippen LogP contribution in [0.2, 0.25) is 0 Å². The first kappa shape index (κ1) is 19.2. The summed E-state index contributed by atoms with van der Waals surface area (Å²) in [7, 11) is 0. The summed E-state index contributed by atoms with van der Waals surface area (Å²) in [6.45, 7) is 6.41. The highest BCUT2D eigenvalue weighted by molar-refractivity contribution is 5.92. The average Bonchev–Trinajstić information content (AvgIpc) is 3.32. The minimum atomic E-state index is 0.0221. The van der Waals surface area contributed by atoms with Crippen molar-refractivity contribution in [3.05, 3.63) is 24.3 Å². The van der Waals surface area contributed by atoms with Crippen molar-refractivity contribution < 1.29 is 9.59 Å². The second kappa shape index (κ2) is 8.92. The summed E-state index contributed by atoms with van der Waals surface area (Å²) in [5, 5.41) is 6.03. The summed E-state index contributed by atoms with van der Waals surface area (Å²) in [5.74, 6) is 0.153. The quantitative estimate of drug-likeness (QED) is 0.736. The first-order valence-electron chi connectivity index (χ1n) is 10.5. The number of piperazine rings is 1. The van der Waals surface area contributed by atoms with Gasteiger partial charge in [-0.05, 0) is 49.9 Å². The molecule has 0 bridgehead atoms. The van der Waals surface area contributed by atoms with Gasteiger partial charge in [-0.2, -0.15) is 0 Å². The Bertz CT molecular complexity index is 675. The smallest absolute Gasteiger partial charge is 0.238 e. The van der Waals surface area contributed by atoms with E-state index in [9.17, 15) is 9.59 Å². The summed E-state index contributed by atoms with van der Waals surface area (Å²) in [5.41, 5.74) is 2.08. The van der Waals surface area contributed by atoms with E-state index < -0.39 is 0 Å². The molecule has 4 rings (SSSR count). The van der Waals surface area contributed by atoms with Crippen molar-refractivity contribution >= 4 is 23.2 Å². The van der Waals surface area contributed by atoms with Gasteiger partial charge in [0.05, 0.1) is 13.1 Å². The van der Waals surface area contributed by atoms with Crippen LogP contribution in [-0.4, -0.2) is 80.0 Å². The van der Waals surface area contributed by atoms with E-state index in [1.807, 2.05) is 12.1 Å². The molecule has 1 aromatic rings. The van der Waals surface area contributed by atoms with Crippen molar-refractivity contribution in [2.75, 3.05) is 62.6 Å². The second-order valence-electron chi connectivity index (χ2n) is 8.18. The standard InChI is InChI=1S/C21H31N5O2/c27-20(22-17-3-4-17)15-24-11-13-25(14-12-24)16-21(28)23-18-5-7-19(8-6-18)26-9-1-2-10-26/h5-8,17H,1-4,9-16H2,(H,22,27)(H,23,28). The van der Waals surface area contributed by atoms with Gasteiger partial charge in [0.15, 0.2) is 0 Å². The van der Waals surface area contributed by atoms with Crippen molar-refractivity contribution in [1.82, 2.24) is 15.1 Å². The number of carbonyl (C=O) groups is 2. The number of nitrogens with one attached hydrogen (secondary N) is 2. The highest BCUT2D eigenvalue weighted by Crippen LogP contribution is 2.22. The molecule has 1 aliphatic carbocycles. The zero-order valence-electron chi connectivity index (χ0n) is 16.5. The lowest BCUT2D eigenvalue weighted by Gasteiger charge is -2.33. The Morgan fingerprint density at radius 2 is 1.39 bits per heavy atom. The lowest BCUT2D eigenvalue weighted by Crippen LogP contribution is -2.51. The van der Waals surface area contributed by atoms with Crippen LogP contribution in [0.3, 0.4) is 0 Å². The monoisotopic (exact) mass is 385 g/mol. The molecular formula is C21H31N5O2. The molecule has 2 heterocycles. The van der Waals surface area contributed by atoms with Crippen molar-refractivity contribution in [3.8, 4) is 0 Å². The summed E-state index contributed by atoms with van der Waals surface area (Å²) in [6, 6.07) is 8.57. The predicted octanol–water partition coefficient (Wildman–Crippen LogP) is 1.12. The Morgan fingerprint density at radius 3 is 1.96 bits per heavy atom. The fourth-order valence-corrected chi connectivity index (χ4v) is 3.94. The van der Waals surface area contributed by atoms with Gasteiger partial charge in [-0.15, -0.1) is 0 Å². The largest absolute Gasteiger partial charge is 0.372 e. The van der Waals surface area contributed by atoms with E-state index in [0.717, 1.165) is 57.8 Å². The maximum Gasteiger partial charge on any atom is 0.238 e. The highest BCUT2D eigenvalue weighted by atomic mass is 16.2. The van der Waals surface area contributed by atoms with Gasteiger partial charge in [-0.3, -0.25) is 19.4 Å². The molecule has 2 amide bonds. The zero-order valence-corrected chi connectivity index (χ0v) is 16.5. The third-order valence-electron chi connectivity index (χ3n) is 5.76. The van der Waals surface area contributed by atoms with Crippen molar-refractivity contribution in [1.29, 1.82) is 0 Å². The van der Waals surface area contributed by atoms with Crippen LogP contribution in [0.1, 0.15) is 25.7 Å². The van der Waals surface area contributed by atoms with E-state index >= 15 is 0 Å². The van der Waals surface area contributed by atoms with E-state index in [-0.39, 0.29) is 11.8 Å². The van der Waals surface area contributed by atoms with Crippen LogP contribution in [0.4, 0.5) is 11.4 Å². The summed E-state index contributed by atoms with van der Waals surface area (Å²) < 4.78 is 0. The molecule has 0 aromatic heterocycles. The Kier molecular flexibility index (Phi) is 6.12. The fraction of sp³-hybridized carbons (Fsp3) is 0.619. The maximum absolute atomic E-state index is 12.4.